The molecule has 0 fully saturated rings. The van der Waals surface area contributed by atoms with Crippen LogP contribution in [0.1, 0.15) is 11.1 Å². The highest BCUT2D eigenvalue weighted by Gasteiger charge is 2.34. The normalized spacial score (nSPS) is 12.9. The van der Waals surface area contributed by atoms with Gasteiger partial charge in [0, 0.05) is 16.7 Å². The molecule has 0 unspecified atom stereocenters. The summed E-state index contributed by atoms with van der Waals surface area (Å²) >= 11 is 3.50. The number of halogens is 1. The first-order valence-corrected chi connectivity index (χ1v) is 13.4. The fourth-order valence-corrected chi connectivity index (χ4v) is 6.38. The zero-order valence-corrected chi connectivity index (χ0v) is 21.2. The maximum absolute atomic E-state index is 13.9. The second-order valence-corrected chi connectivity index (χ2v) is 11.2. The van der Waals surface area contributed by atoms with Crippen molar-refractivity contribution in [3.63, 3.8) is 0 Å². The SMILES string of the molecule is Cc1ccc(S(=O)(=O)N2Cc3c(nc4ccc(Br)nc4c3-c3ccccc3)-c3ccccc32)cc1. The van der Waals surface area contributed by atoms with Crippen molar-refractivity contribution in [2.75, 3.05) is 4.31 Å². The summed E-state index contributed by atoms with van der Waals surface area (Å²) < 4.78 is 30.0. The van der Waals surface area contributed by atoms with Crippen molar-refractivity contribution in [2.24, 2.45) is 0 Å². The van der Waals surface area contributed by atoms with Crippen LogP contribution in [0.5, 0.6) is 0 Å². The second-order valence-electron chi connectivity index (χ2n) is 8.52. The van der Waals surface area contributed by atoms with E-state index in [4.69, 9.17) is 9.97 Å². The topological polar surface area (TPSA) is 63.2 Å². The molecule has 5 nitrogen and oxygen atoms in total. The van der Waals surface area contributed by atoms with Gasteiger partial charge in [0.15, 0.2) is 0 Å². The molecule has 0 atom stereocenters. The highest BCUT2D eigenvalue weighted by Crippen LogP contribution is 2.45. The number of benzene rings is 3. The molecule has 0 spiro atoms. The molecule has 172 valence electrons. The lowest BCUT2D eigenvalue weighted by molar-refractivity contribution is 0.590. The number of fused-ring (bicyclic) bond motifs is 4. The third-order valence-electron chi connectivity index (χ3n) is 6.30. The van der Waals surface area contributed by atoms with Crippen LogP contribution in [0.25, 0.3) is 33.4 Å². The van der Waals surface area contributed by atoms with Crippen LogP contribution in [0.2, 0.25) is 0 Å². The Morgan fingerprint density at radius 3 is 2.31 bits per heavy atom. The Balaban J connectivity index is 1.67. The minimum absolute atomic E-state index is 0.157. The van der Waals surface area contributed by atoms with Crippen molar-refractivity contribution in [3.8, 4) is 22.4 Å². The largest absolute Gasteiger partial charge is 0.264 e. The Morgan fingerprint density at radius 2 is 1.54 bits per heavy atom. The van der Waals surface area contributed by atoms with Gasteiger partial charge in [0.05, 0.1) is 33.9 Å². The molecule has 0 bridgehead atoms. The Kier molecular flexibility index (Phi) is 5.20. The van der Waals surface area contributed by atoms with Gasteiger partial charge >= 0.3 is 0 Å². The van der Waals surface area contributed by atoms with Gasteiger partial charge in [-0.25, -0.2) is 18.4 Å². The molecule has 0 amide bonds. The van der Waals surface area contributed by atoms with Crippen LogP contribution in [0, 0.1) is 6.92 Å². The number of para-hydroxylation sites is 1. The summed E-state index contributed by atoms with van der Waals surface area (Å²) in [5, 5.41) is 0. The maximum Gasteiger partial charge on any atom is 0.264 e. The minimum Gasteiger partial charge on any atom is -0.261 e. The van der Waals surface area contributed by atoms with Crippen LogP contribution >= 0.6 is 15.9 Å². The minimum atomic E-state index is -3.82. The fourth-order valence-electron chi connectivity index (χ4n) is 4.62. The first kappa shape index (κ1) is 21.9. The summed E-state index contributed by atoms with van der Waals surface area (Å²) in [6, 6.07) is 28.3. The van der Waals surface area contributed by atoms with Gasteiger partial charge in [-0.2, -0.15) is 0 Å². The zero-order valence-electron chi connectivity index (χ0n) is 18.8. The van der Waals surface area contributed by atoms with Crippen molar-refractivity contribution < 1.29 is 8.42 Å². The molecule has 7 heteroatoms. The van der Waals surface area contributed by atoms with Crippen LogP contribution in [0.4, 0.5) is 5.69 Å². The molecular weight excluding hydrogens is 522 g/mol. The quantitative estimate of drug-likeness (QED) is 0.237. The van der Waals surface area contributed by atoms with Crippen molar-refractivity contribution in [1.29, 1.82) is 0 Å². The van der Waals surface area contributed by atoms with E-state index >= 15 is 0 Å². The summed E-state index contributed by atoms with van der Waals surface area (Å²) in [7, 11) is -3.82. The van der Waals surface area contributed by atoms with E-state index in [2.05, 4.69) is 15.9 Å². The standard InChI is InChI=1S/C28H20BrN3O2S/c1-18-11-13-20(14-12-18)35(33,34)32-17-22-26(19-7-3-2-4-8-19)28-23(15-16-25(29)31-28)30-27(22)21-9-5-6-10-24(21)32/h2-16H,17H2,1H3. The summed E-state index contributed by atoms with van der Waals surface area (Å²) in [5.74, 6) is 0. The van der Waals surface area contributed by atoms with Crippen LogP contribution in [-0.4, -0.2) is 18.4 Å². The zero-order chi connectivity index (χ0) is 24.2. The van der Waals surface area contributed by atoms with Gasteiger partial charge in [-0.3, -0.25) is 4.31 Å². The number of rotatable bonds is 3. The van der Waals surface area contributed by atoms with Gasteiger partial charge in [-0.05, 0) is 58.7 Å². The molecule has 2 aromatic heterocycles. The Hall–Kier alpha value is -3.55. The molecule has 6 rings (SSSR count). The Bertz CT molecular complexity index is 1700. The van der Waals surface area contributed by atoms with E-state index in [-0.39, 0.29) is 11.4 Å². The number of hydrogen-bond acceptors (Lipinski definition) is 4. The lowest BCUT2D eigenvalue weighted by Gasteiger charge is -2.33. The number of aryl methyl sites for hydroxylation is 1. The molecule has 0 aliphatic carbocycles. The molecule has 3 heterocycles. The lowest BCUT2D eigenvalue weighted by atomic mass is 9.91. The molecule has 1 aliphatic rings. The number of sulfonamides is 1. The van der Waals surface area contributed by atoms with Gasteiger partial charge in [-0.15, -0.1) is 0 Å². The third-order valence-corrected chi connectivity index (χ3v) is 8.51. The van der Waals surface area contributed by atoms with Crippen LogP contribution < -0.4 is 4.31 Å². The number of hydrogen-bond donors (Lipinski definition) is 0. The van der Waals surface area contributed by atoms with E-state index in [1.165, 1.54) is 4.31 Å². The van der Waals surface area contributed by atoms with Crippen molar-refractivity contribution >= 4 is 42.7 Å². The predicted molar refractivity (Wildman–Crippen MR) is 143 cm³/mol. The van der Waals surface area contributed by atoms with Crippen LogP contribution in [-0.2, 0) is 16.6 Å². The summed E-state index contributed by atoms with van der Waals surface area (Å²) in [6.07, 6.45) is 0. The number of pyridine rings is 2. The lowest BCUT2D eigenvalue weighted by Crippen LogP contribution is -2.33. The Labute approximate surface area is 212 Å². The molecule has 0 saturated heterocycles. The molecule has 1 aliphatic heterocycles. The van der Waals surface area contributed by atoms with E-state index in [1.807, 2.05) is 85.8 Å². The number of nitrogens with zero attached hydrogens (tertiary/aromatic N) is 3. The van der Waals surface area contributed by atoms with Crippen molar-refractivity contribution in [1.82, 2.24) is 9.97 Å². The van der Waals surface area contributed by atoms with E-state index in [0.717, 1.165) is 44.5 Å². The van der Waals surface area contributed by atoms with E-state index < -0.39 is 10.0 Å². The third kappa shape index (κ3) is 3.63. The van der Waals surface area contributed by atoms with Crippen LogP contribution in [0.3, 0.4) is 0 Å². The summed E-state index contributed by atoms with van der Waals surface area (Å²) in [4.78, 5) is 10.00. The molecular formula is C28H20BrN3O2S. The van der Waals surface area contributed by atoms with Gasteiger partial charge < -0.3 is 0 Å². The predicted octanol–water partition coefficient (Wildman–Crippen LogP) is 6.74. The molecule has 3 aromatic carbocycles. The molecule has 0 radical (unpaired) electrons. The van der Waals surface area contributed by atoms with Gasteiger partial charge in [0.1, 0.15) is 4.60 Å². The highest BCUT2D eigenvalue weighted by atomic mass is 79.9. The van der Waals surface area contributed by atoms with Gasteiger partial charge in [-0.1, -0.05) is 66.2 Å². The number of anilines is 1. The fraction of sp³-hybridized carbons (Fsp3) is 0.0714. The van der Waals surface area contributed by atoms with E-state index in [9.17, 15) is 8.42 Å². The summed E-state index contributed by atoms with van der Waals surface area (Å²) in [6.45, 7) is 2.10. The summed E-state index contributed by atoms with van der Waals surface area (Å²) in [5.41, 5.74) is 7.39. The highest BCUT2D eigenvalue weighted by molar-refractivity contribution is 9.10. The van der Waals surface area contributed by atoms with E-state index in [0.29, 0.717) is 10.3 Å². The first-order valence-electron chi connectivity index (χ1n) is 11.2. The maximum atomic E-state index is 13.9. The number of aromatic nitrogens is 2. The van der Waals surface area contributed by atoms with Crippen LogP contribution in [0.15, 0.2) is 100 Å². The second kappa shape index (κ2) is 8.29. The van der Waals surface area contributed by atoms with Gasteiger partial charge in [0.25, 0.3) is 10.0 Å². The average molecular weight is 542 g/mol. The average Bonchev–Trinajstić information content (AvgIpc) is 2.87. The molecule has 0 N–H and O–H groups in total. The molecule has 35 heavy (non-hydrogen) atoms. The van der Waals surface area contributed by atoms with E-state index in [1.54, 1.807) is 12.1 Å². The Morgan fingerprint density at radius 1 is 0.829 bits per heavy atom. The van der Waals surface area contributed by atoms with Gasteiger partial charge in [0.2, 0.25) is 0 Å². The monoisotopic (exact) mass is 541 g/mol. The molecule has 5 aromatic rings. The van der Waals surface area contributed by atoms with Crippen molar-refractivity contribution in [3.05, 3.63) is 107 Å². The first-order chi connectivity index (χ1) is 16.9. The van der Waals surface area contributed by atoms with Crippen molar-refractivity contribution in [2.45, 2.75) is 18.4 Å². The molecule has 0 saturated carbocycles. The smallest absolute Gasteiger partial charge is 0.261 e.